The van der Waals surface area contributed by atoms with Gasteiger partial charge in [-0.2, -0.15) is 0 Å². The standard InChI is InChI=1S/C12H23NO2/c1-4-5-8-13-9-6-7-10(11(14)15)12(13,2)3/h10H,4-9H2,1-3H3,(H,14,15). The van der Waals surface area contributed by atoms with Gasteiger partial charge in [0.1, 0.15) is 0 Å². The average Bonchev–Trinajstić information content (AvgIpc) is 2.14. The molecule has 1 N–H and O–H groups in total. The molecule has 0 saturated carbocycles. The molecule has 1 fully saturated rings. The molecule has 3 heteroatoms. The number of hydrogen-bond donors (Lipinski definition) is 1. The Hall–Kier alpha value is -0.570. The van der Waals surface area contributed by atoms with Crippen molar-refractivity contribution in [3.05, 3.63) is 0 Å². The second kappa shape index (κ2) is 4.97. The number of rotatable bonds is 4. The fourth-order valence-corrected chi connectivity index (χ4v) is 2.52. The summed E-state index contributed by atoms with van der Waals surface area (Å²) in [6.45, 7) is 8.40. The van der Waals surface area contributed by atoms with Crippen LogP contribution in [0.5, 0.6) is 0 Å². The summed E-state index contributed by atoms with van der Waals surface area (Å²) in [6.07, 6.45) is 4.18. The summed E-state index contributed by atoms with van der Waals surface area (Å²) in [6, 6.07) is 0. The molecule has 1 heterocycles. The molecule has 1 saturated heterocycles. The highest BCUT2D eigenvalue weighted by molar-refractivity contribution is 5.71. The highest BCUT2D eigenvalue weighted by Crippen LogP contribution is 2.33. The van der Waals surface area contributed by atoms with Gasteiger partial charge in [-0.1, -0.05) is 13.3 Å². The maximum absolute atomic E-state index is 11.2. The molecule has 1 unspecified atom stereocenters. The Morgan fingerprint density at radius 2 is 2.20 bits per heavy atom. The third-order valence-electron chi connectivity index (χ3n) is 3.67. The van der Waals surface area contributed by atoms with Gasteiger partial charge in [0, 0.05) is 5.54 Å². The minimum absolute atomic E-state index is 0.181. The summed E-state index contributed by atoms with van der Waals surface area (Å²) in [5, 5.41) is 9.19. The molecule has 3 nitrogen and oxygen atoms in total. The topological polar surface area (TPSA) is 40.5 Å². The van der Waals surface area contributed by atoms with Gasteiger partial charge in [0.05, 0.1) is 5.92 Å². The molecule has 0 spiro atoms. The minimum Gasteiger partial charge on any atom is -0.481 e. The number of carbonyl (C=O) groups is 1. The molecule has 0 aliphatic carbocycles. The van der Waals surface area contributed by atoms with Crippen LogP contribution in [0, 0.1) is 5.92 Å². The first-order chi connectivity index (χ1) is 7.00. The molecular formula is C12H23NO2. The summed E-state index contributed by atoms with van der Waals surface area (Å²) < 4.78 is 0. The van der Waals surface area contributed by atoms with E-state index in [4.69, 9.17) is 0 Å². The van der Waals surface area contributed by atoms with Gasteiger partial charge in [-0.3, -0.25) is 9.69 Å². The van der Waals surface area contributed by atoms with Crippen LogP contribution in [0.25, 0.3) is 0 Å². The van der Waals surface area contributed by atoms with E-state index >= 15 is 0 Å². The Morgan fingerprint density at radius 1 is 1.53 bits per heavy atom. The first-order valence-corrected chi connectivity index (χ1v) is 5.98. The molecule has 0 aromatic rings. The van der Waals surface area contributed by atoms with Crippen molar-refractivity contribution in [3.8, 4) is 0 Å². The van der Waals surface area contributed by atoms with Gasteiger partial charge in [0.2, 0.25) is 0 Å². The smallest absolute Gasteiger partial charge is 0.308 e. The quantitative estimate of drug-likeness (QED) is 0.779. The van der Waals surface area contributed by atoms with Crippen molar-refractivity contribution in [1.82, 2.24) is 4.90 Å². The second-order valence-electron chi connectivity index (χ2n) is 5.03. The zero-order valence-electron chi connectivity index (χ0n) is 10.1. The Morgan fingerprint density at radius 3 is 2.73 bits per heavy atom. The van der Waals surface area contributed by atoms with Gasteiger partial charge in [0.25, 0.3) is 0 Å². The summed E-state index contributed by atoms with van der Waals surface area (Å²) in [4.78, 5) is 13.5. The van der Waals surface area contributed by atoms with Crippen molar-refractivity contribution in [2.45, 2.75) is 52.0 Å². The first kappa shape index (κ1) is 12.5. The molecule has 0 bridgehead atoms. The van der Waals surface area contributed by atoms with Crippen LogP contribution < -0.4 is 0 Å². The molecule has 1 aliphatic rings. The molecule has 1 atom stereocenters. The van der Waals surface area contributed by atoms with Gasteiger partial charge in [-0.15, -0.1) is 0 Å². The molecule has 88 valence electrons. The van der Waals surface area contributed by atoms with Crippen LogP contribution in [-0.2, 0) is 4.79 Å². The van der Waals surface area contributed by atoms with Crippen molar-refractivity contribution in [2.75, 3.05) is 13.1 Å². The number of unbranched alkanes of at least 4 members (excludes halogenated alkanes) is 1. The van der Waals surface area contributed by atoms with Crippen LogP contribution in [0.4, 0.5) is 0 Å². The second-order valence-corrected chi connectivity index (χ2v) is 5.03. The number of carboxylic acids is 1. The highest BCUT2D eigenvalue weighted by atomic mass is 16.4. The average molecular weight is 213 g/mol. The predicted octanol–water partition coefficient (Wildman–Crippen LogP) is 2.36. The molecule has 0 radical (unpaired) electrons. The van der Waals surface area contributed by atoms with Crippen molar-refractivity contribution >= 4 is 5.97 Å². The van der Waals surface area contributed by atoms with Gasteiger partial charge in [-0.25, -0.2) is 0 Å². The van der Waals surface area contributed by atoms with Gasteiger partial charge in [0.15, 0.2) is 0 Å². The largest absolute Gasteiger partial charge is 0.481 e. The van der Waals surface area contributed by atoms with Crippen molar-refractivity contribution in [3.63, 3.8) is 0 Å². The molecular weight excluding hydrogens is 190 g/mol. The van der Waals surface area contributed by atoms with E-state index in [0.29, 0.717) is 0 Å². The molecule has 0 aromatic heterocycles. The Labute approximate surface area is 92.5 Å². The van der Waals surface area contributed by atoms with E-state index in [1.165, 1.54) is 6.42 Å². The van der Waals surface area contributed by atoms with Crippen LogP contribution >= 0.6 is 0 Å². The third kappa shape index (κ3) is 2.71. The third-order valence-corrected chi connectivity index (χ3v) is 3.67. The van der Waals surface area contributed by atoms with E-state index < -0.39 is 5.97 Å². The first-order valence-electron chi connectivity index (χ1n) is 5.98. The van der Waals surface area contributed by atoms with Gasteiger partial charge in [-0.05, 0) is 46.2 Å². The van der Waals surface area contributed by atoms with Crippen LogP contribution in [0.15, 0.2) is 0 Å². The lowest BCUT2D eigenvalue weighted by molar-refractivity contribution is -0.149. The van der Waals surface area contributed by atoms with Crippen molar-refractivity contribution < 1.29 is 9.90 Å². The monoisotopic (exact) mass is 213 g/mol. The zero-order chi connectivity index (χ0) is 11.5. The van der Waals surface area contributed by atoms with E-state index in [-0.39, 0.29) is 11.5 Å². The normalized spacial score (nSPS) is 26.5. The summed E-state index contributed by atoms with van der Waals surface area (Å²) in [7, 11) is 0. The number of aliphatic carboxylic acids is 1. The van der Waals surface area contributed by atoms with E-state index in [9.17, 15) is 9.90 Å². The van der Waals surface area contributed by atoms with E-state index in [0.717, 1.165) is 32.4 Å². The van der Waals surface area contributed by atoms with E-state index in [1.54, 1.807) is 0 Å². The Balaban J connectivity index is 2.68. The number of nitrogens with zero attached hydrogens (tertiary/aromatic N) is 1. The molecule has 0 amide bonds. The zero-order valence-corrected chi connectivity index (χ0v) is 10.1. The number of hydrogen-bond acceptors (Lipinski definition) is 2. The Bertz CT molecular complexity index is 226. The lowest BCUT2D eigenvalue weighted by Crippen LogP contribution is -2.55. The number of carboxylic acid groups (broad SMARTS) is 1. The highest BCUT2D eigenvalue weighted by Gasteiger charge is 2.42. The molecule has 1 aliphatic heterocycles. The summed E-state index contributed by atoms with van der Waals surface area (Å²) in [5.41, 5.74) is -0.181. The van der Waals surface area contributed by atoms with Gasteiger partial charge >= 0.3 is 5.97 Å². The fraction of sp³-hybridized carbons (Fsp3) is 0.917. The maximum Gasteiger partial charge on any atom is 0.308 e. The van der Waals surface area contributed by atoms with Crippen molar-refractivity contribution in [1.29, 1.82) is 0 Å². The SMILES string of the molecule is CCCCN1CCCC(C(=O)O)C1(C)C. The maximum atomic E-state index is 11.2. The lowest BCUT2D eigenvalue weighted by atomic mass is 9.79. The van der Waals surface area contributed by atoms with Crippen molar-refractivity contribution in [2.24, 2.45) is 5.92 Å². The molecule has 15 heavy (non-hydrogen) atoms. The summed E-state index contributed by atoms with van der Waals surface area (Å²) in [5.74, 6) is -0.843. The van der Waals surface area contributed by atoms with Gasteiger partial charge < -0.3 is 5.11 Å². The number of likely N-dealkylation sites (tertiary alicyclic amines) is 1. The fourth-order valence-electron chi connectivity index (χ4n) is 2.52. The summed E-state index contributed by atoms with van der Waals surface area (Å²) >= 11 is 0. The van der Waals surface area contributed by atoms with E-state index in [1.807, 2.05) is 0 Å². The minimum atomic E-state index is -0.638. The van der Waals surface area contributed by atoms with Crippen LogP contribution in [0.3, 0.4) is 0 Å². The van der Waals surface area contributed by atoms with Crippen LogP contribution in [-0.4, -0.2) is 34.6 Å². The molecule has 0 aromatic carbocycles. The predicted molar refractivity (Wildman–Crippen MR) is 60.9 cm³/mol. The van der Waals surface area contributed by atoms with Crippen LogP contribution in [0.1, 0.15) is 46.5 Å². The molecule has 1 rings (SSSR count). The van der Waals surface area contributed by atoms with E-state index in [2.05, 4.69) is 25.7 Å². The lowest BCUT2D eigenvalue weighted by Gasteiger charge is -2.46. The Kier molecular flexibility index (Phi) is 4.14. The number of piperidine rings is 1. The van der Waals surface area contributed by atoms with Crippen LogP contribution in [0.2, 0.25) is 0 Å².